The molecule has 0 aliphatic carbocycles. The highest BCUT2D eigenvalue weighted by Gasteiger charge is 1.97. The summed E-state index contributed by atoms with van der Waals surface area (Å²) in [6.45, 7) is 0.520. The Kier molecular flexibility index (Phi) is 3.99. The first-order valence-electron chi connectivity index (χ1n) is 5.15. The van der Waals surface area contributed by atoms with Crippen molar-refractivity contribution in [3.63, 3.8) is 0 Å². The van der Waals surface area contributed by atoms with E-state index in [0.29, 0.717) is 12.2 Å². The highest BCUT2D eigenvalue weighted by molar-refractivity contribution is 14.1. The summed E-state index contributed by atoms with van der Waals surface area (Å²) in [6, 6.07) is 17.4. The zero-order valence-electron chi connectivity index (χ0n) is 9.06. The van der Waals surface area contributed by atoms with Crippen LogP contribution in [-0.2, 0) is 6.61 Å². The van der Waals surface area contributed by atoms with Crippen molar-refractivity contribution in [2.45, 2.75) is 6.61 Å². The molecular weight excluding hydrogens is 325 g/mol. The third-order valence-corrected chi connectivity index (χ3v) is 3.00. The molecule has 3 heteroatoms. The molecule has 0 saturated carbocycles. The van der Waals surface area contributed by atoms with E-state index in [9.17, 15) is 0 Å². The molecule has 0 fully saturated rings. The van der Waals surface area contributed by atoms with Crippen molar-refractivity contribution < 1.29 is 4.74 Å². The molecule has 0 unspecified atom stereocenters. The largest absolute Gasteiger partial charge is 0.489 e. The average molecular weight is 335 g/mol. The van der Waals surface area contributed by atoms with Crippen LogP contribution in [0.4, 0.5) is 0 Å². The van der Waals surface area contributed by atoms with E-state index in [-0.39, 0.29) is 0 Å². The summed E-state index contributed by atoms with van der Waals surface area (Å²) in [5.41, 5.74) is 1.73. The van der Waals surface area contributed by atoms with Crippen LogP contribution < -0.4 is 4.74 Å². The van der Waals surface area contributed by atoms with Gasteiger partial charge in [-0.25, -0.2) is 0 Å². The van der Waals surface area contributed by atoms with Crippen LogP contribution in [0, 0.1) is 14.9 Å². The van der Waals surface area contributed by atoms with Crippen LogP contribution in [0.5, 0.6) is 5.75 Å². The SMILES string of the molecule is N#Cc1cccc(OCc2ccc(I)cc2)c1. The molecule has 0 heterocycles. The lowest BCUT2D eigenvalue weighted by Gasteiger charge is -2.06. The van der Waals surface area contributed by atoms with Gasteiger partial charge in [-0.2, -0.15) is 5.26 Å². The van der Waals surface area contributed by atoms with Crippen molar-refractivity contribution >= 4 is 22.6 Å². The van der Waals surface area contributed by atoms with Gasteiger partial charge in [-0.3, -0.25) is 0 Å². The third kappa shape index (κ3) is 3.46. The fourth-order valence-electron chi connectivity index (χ4n) is 1.40. The maximum absolute atomic E-state index is 8.77. The number of nitriles is 1. The van der Waals surface area contributed by atoms with E-state index in [1.807, 2.05) is 36.4 Å². The van der Waals surface area contributed by atoms with Gasteiger partial charge in [0.15, 0.2) is 0 Å². The highest BCUT2D eigenvalue weighted by atomic mass is 127. The topological polar surface area (TPSA) is 33.0 Å². The Morgan fingerprint density at radius 1 is 1.12 bits per heavy atom. The Labute approximate surface area is 114 Å². The Morgan fingerprint density at radius 3 is 2.59 bits per heavy atom. The van der Waals surface area contributed by atoms with Gasteiger partial charge in [0.1, 0.15) is 12.4 Å². The van der Waals surface area contributed by atoms with Crippen molar-refractivity contribution in [3.8, 4) is 11.8 Å². The second kappa shape index (κ2) is 5.69. The van der Waals surface area contributed by atoms with Gasteiger partial charge in [0.25, 0.3) is 0 Å². The monoisotopic (exact) mass is 335 g/mol. The molecule has 0 saturated heterocycles. The van der Waals surface area contributed by atoms with E-state index >= 15 is 0 Å². The van der Waals surface area contributed by atoms with Gasteiger partial charge in [-0.1, -0.05) is 18.2 Å². The first-order chi connectivity index (χ1) is 8.28. The first-order valence-corrected chi connectivity index (χ1v) is 6.23. The lowest BCUT2D eigenvalue weighted by atomic mass is 10.2. The summed E-state index contributed by atoms with van der Waals surface area (Å²) >= 11 is 2.27. The molecule has 2 rings (SSSR count). The van der Waals surface area contributed by atoms with Gasteiger partial charge in [0.05, 0.1) is 11.6 Å². The van der Waals surface area contributed by atoms with Crippen LogP contribution in [0.25, 0.3) is 0 Å². The van der Waals surface area contributed by atoms with E-state index < -0.39 is 0 Å². The molecule has 0 amide bonds. The first kappa shape index (κ1) is 11.9. The summed E-state index contributed by atoms with van der Waals surface area (Å²) in [5.74, 6) is 0.725. The molecule has 0 aliphatic heterocycles. The summed E-state index contributed by atoms with van der Waals surface area (Å²) in [6.07, 6.45) is 0. The standard InChI is InChI=1S/C14H10INO/c15-13-6-4-11(5-7-13)10-17-14-3-1-2-12(8-14)9-16/h1-8H,10H2. The number of ether oxygens (including phenoxy) is 1. The van der Waals surface area contributed by atoms with Crippen molar-refractivity contribution in [1.29, 1.82) is 5.26 Å². The molecule has 0 aromatic heterocycles. The summed E-state index contributed by atoms with van der Waals surface area (Å²) in [7, 11) is 0. The Balaban J connectivity index is 2.02. The molecule has 2 aromatic rings. The van der Waals surface area contributed by atoms with Crippen LogP contribution in [0.3, 0.4) is 0 Å². The minimum Gasteiger partial charge on any atom is -0.489 e. The quantitative estimate of drug-likeness (QED) is 0.801. The molecule has 0 aliphatic rings. The molecule has 2 nitrogen and oxygen atoms in total. The summed E-state index contributed by atoms with van der Waals surface area (Å²) in [4.78, 5) is 0. The van der Waals surface area contributed by atoms with Crippen LogP contribution in [-0.4, -0.2) is 0 Å². The van der Waals surface area contributed by atoms with Gasteiger partial charge >= 0.3 is 0 Å². The van der Waals surface area contributed by atoms with Gasteiger partial charge in [0, 0.05) is 3.57 Å². The van der Waals surface area contributed by atoms with Crippen LogP contribution >= 0.6 is 22.6 Å². The molecular formula is C14H10INO. The van der Waals surface area contributed by atoms with Gasteiger partial charge < -0.3 is 4.74 Å². The number of nitrogens with zero attached hydrogens (tertiary/aromatic N) is 1. The normalized spacial score (nSPS) is 9.65. The molecule has 0 spiro atoms. The van der Waals surface area contributed by atoms with Gasteiger partial charge in [-0.05, 0) is 58.5 Å². The molecule has 17 heavy (non-hydrogen) atoms. The fourth-order valence-corrected chi connectivity index (χ4v) is 1.76. The zero-order chi connectivity index (χ0) is 12.1. The minimum atomic E-state index is 0.520. The van der Waals surface area contributed by atoms with Crippen LogP contribution in [0.15, 0.2) is 48.5 Å². The number of benzene rings is 2. The molecule has 0 N–H and O–H groups in total. The van der Waals surface area contributed by atoms with E-state index in [0.717, 1.165) is 11.3 Å². The molecule has 84 valence electrons. The van der Waals surface area contributed by atoms with Crippen molar-refractivity contribution in [1.82, 2.24) is 0 Å². The zero-order valence-corrected chi connectivity index (χ0v) is 11.2. The lowest BCUT2D eigenvalue weighted by Crippen LogP contribution is -1.95. The highest BCUT2D eigenvalue weighted by Crippen LogP contribution is 2.15. The molecule has 2 aromatic carbocycles. The number of hydrogen-bond acceptors (Lipinski definition) is 2. The smallest absolute Gasteiger partial charge is 0.121 e. The molecule has 0 atom stereocenters. The van der Waals surface area contributed by atoms with Crippen LogP contribution in [0.2, 0.25) is 0 Å². The maximum Gasteiger partial charge on any atom is 0.121 e. The van der Waals surface area contributed by atoms with E-state index in [1.54, 1.807) is 12.1 Å². The predicted octanol–water partition coefficient (Wildman–Crippen LogP) is 3.74. The van der Waals surface area contributed by atoms with Gasteiger partial charge in [0.2, 0.25) is 0 Å². The van der Waals surface area contributed by atoms with Crippen molar-refractivity contribution in [2.24, 2.45) is 0 Å². The second-order valence-electron chi connectivity index (χ2n) is 3.55. The Hall–Kier alpha value is -1.54. The predicted molar refractivity (Wildman–Crippen MR) is 74.6 cm³/mol. The molecule has 0 bridgehead atoms. The third-order valence-electron chi connectivity index (χ3n) is 2.28. The Morgan fingerprint density at radius 2 is 1.88 bits per heavy atom. The molecule has 0 radical (unpaired) electrons. The van der Waals surface area contributed by atoms with Crippen LogP contribution in [0.1, 0.15) is 11.1 Å². The lowest BCUT2D eigenvalue weighted by molar-refractivity contribution is 0.306. The maximum atomic E-state index is 8.77. The Bertz CT molecular complexity index is 543. The van der Waals surface area contributed by atoms with Crippen molar-refractivity contribution in [2.75, 3.05) is 0 Å². The minimum absolute atomic E-state index is 0.520. The number of hydrogen-bond donors (Lipinski definition) is 0. The van der Waals surface area contributed by atoms with Gasteiger partial charge in [-0.15, -0.1) is 0 Å². The summed E-state index contributed by atoms with van der Waals surface area (Å²) in [5, 5.41) is 8.77. The van der Waals surface area contributed by atoms with E-state index in [1.165, 1.54) is 3.57 Å². The van der Waals surface area contributed by atoms with E-state index in [2.05, 4.69) is 28.7 Å². The number of rotatable bonds is 3. The average Bonchev–Trinajstić information content (AvgIpc) is 2.38. The van der Waals surface area contributed by atoms with Crippen molar-refractivity contribution in [3.05, 3.63) is 63.2 Å². The fraction of sp³-hybridized carbons (Fsp3) is 0.0714. The summed E-state index contributed by atoms with van der Waals surface area (Å²) < 4.78 is 6.83. The van der Waals surface area contributed by atoms with E-state index in [4.69, 9.17) is 10.00 Å². The number of halogens is 1. The second-order valence-corrected chi connectivity index (χ2v) is 4.80.